The molecule has 1 fully saturated rings. The molecule has 6 heteroatoms. The minimum Gasteiger partial charge on any atom is -0.481 e. The first-order valence-corrected chi connectivity index (χ1v) is 7.01. The van der Waals surface area contributed by atoms with Gasteiger partial charge < -0.3 is 15.7 Å². The van der Waals surface area contributed by atoms with Gasteiger partial charge in [-0.3, -0.25) is 4.79 Å². The number of carbonyl (C=O) groups is 2. The van der Waals surface area contributed by atoms with Crippen LogP contribution in [0.3, 0.4) is 0 Å². The van der Waals surface area contributed by atoms with Crippen molar-refractivity contribution < 1.29 is 14.7 Å². The van der Waals surface area contributed by atoms with Crippen molar-refractivity contribution in [2.75, 3.05) is 19.3 Å². The van der Waals surface area contributed by atoms with E-state index in [9.17, 15) is 9.59 Å². The lowest BCUT2D eigenvalue weighted by atomic mass is 9.84. The van der Waals surface area contributed by atoms with Gasteiger partial charge in [0.05, 0.1) is 5.92 Å². The maximum Gasteiger partial charge on any atom is 0.314 e. The Hall–Kier alpha value is -0.910. The summed E-state index contributed by atoms with van der Waals surface area (Å²) in [5, 5.41) is 14.0. The smallest absolute Gasteiger partial charge is 0.314 e. The number of hydrogen-bond acceptors (Lipinski definition) is 3. The van der Waals surface area contributed by atoms with E-state index >= 15 is 0 Å². The molecular formula is C11H20N2O3S. The van der Waals surface area contributed by atoms with Crippen LogP contribution < -0.4 is 10.6 Å². The lowest BCUT2D eigenvalue weighted by molar-refractivity contribution is -0.140. The van der Waals surface area contributed by atoms with E-state index in [1.54, 1.807) is 18.7 Å². The molecule has 98 valence electrons. The zero-order chi connectivity index (χ0) is 12.9. The highest BCUT2D eigenvalue weighted by molar-refractivity contribution is 8.00. The molecule has 1 aliphatic carbocycles. The van der Waals surface area contributed by atoms with Crippen LogP contribution in [0.5, 0.6) is 0 Å². The van der Waals surface area contributed by atoms with Crippen LogP contribution in [-0.4, -0.2) is 41.2 Å². The molecule has 0 aromatic rings. The molecule has 5 nitrogen and oxygen atoms in total. The van der Waals surface area contributed by atoms with E-state index in [1.807, 2.05) is 0 Å². The number of carboxylic acid groups (broad SMARTS) is 1. The van der Waals surface area contributed by atoms with Crippen molar-refractivity contribution in [2.24, 2.45) is 5.92 Å². The average Bonchev–Trinajstić information content (AvgIpc) is 2.24. The highest BCUT2D eigenvalue weighted by atomic mass is 32.2. The van der Waals surface area contributed by atoms with Gasteiger partial charge in [0.2, 0.25) is 0 Å². The largest absolute Gasteiger partial charge is 0.481 e. The molecule has 0 aliphatic heterocycles. The first-order valence-electron chi connectivity index (χ1n) is 5.79. The number of nitrogens with one attached hydrogen (secondary N) is 2. The third kappa shape index (κ3) is 4.11. The fraction of sp³-hybridized carbons (Fsp3) is 0.818. The van der Waals surface area contributed by atoms with E-state index in [0.717, 1.165) is 12.8 Å². The second kappa shape index (κ2) is 6.14. The predicted molar refractivity (Wildman–Crippen MR) is 68.3 cm³/mol. The summed E-state index contributed by atoms with van der Waals surface area (Å²) in [7, 11) is 0. The van der Waals surface area contributed by atoms with Crippen LogP contribution in [0.2, 0.25) is 0 Å². The van der Waals surface area contributed by atoms with Crippen molar-refractivity contribution in [3.8, 4) is 0 Å². The number of carbonyl (C=O) groups excluding carboxylic acids is 1. The minimum atomic E-state index is -0.898. The summed E-state index contributed by atoms with van der Waals surface area (Å²) in [6.45, 7) is 2.38. The Kier molecular flexibility index (Phi) is 5.11. The zero-order valence-electron chi connectivity index (χ0n) is 10.3. The Balaban J connectivity index is 2.19. The molecule has 1 unspecified atom stereocenters. The fourth-order valence-electron chi connectivity index (χ4n) is 1.66. The van der Waals surface area contributed by atoms with Gasteiger partial charge in [-0.05, 0) is 19.1 Å². The standard InChI is InChI=1S/C11H20N2O3S/c1-8(9(14)15)6-12-10(16)13-7-11(17-2)4-3-5-11/h8H,3-7H2,1-2H3,(H,14,15)(H2,12,13,16). The Labute approximate surface area is 106 Å². The zero-order valence-corrected chi connectivity index (χ0v) is 11.1. The van der Waals surface area contributed by atoms with Gasteiger partial charge in [-0.1, -0.05) is 13.3 Å². The molecule has 1 saturated carbocycles. The van der Waals surface area contributed by atoms with Crippen molar-refractivity contribution in [2.45, 2.75) is 30.9 Å². The van der Waals surface area contributed by atoms with E-state index in [2.05, 4.69) is 16.9 Å². The normalized spacial score (nSPS) is 18.9. The van der Waals surface area contributed by atoms with Gasteiger partial charge >= 0.3 is 12.0 Å². The van der Waals surface area contributed by atoms with Crippen LogP contribution in [0.4, 0.5) is 4.79 Å². The molecule has 1 rings (SSSR count). The number of thioether (sulfide) groups is 1. The van der Waals surface area contributed by atoms with E-state index < -0.39 is 11.9 Å². The molecule has 2 amide bonds. The van der Waals surface area contributed by atoms with E-state index in [4.69, 9.17) is 5.11 Å². The highest BCUT2D eigenvalue weighted by Gasteiger charge is 2.36. The Morgan fingerprint density at radius 1 is 1.41 bits per heavy atom. The van der Waals surface area contributed by atoms with Crippen molar-refractivity contribution >= 4 is 23.8 Å². The maximum atomic E-state index is 11.4. The van der Waals surface area contributed by atoms with E-state index in [0.29, 0.717) is 6.54 Å². The molecule has 0 radical (unpaired) electrons. The Morgan fingerprint density at radius 2 is 2.06 bits per heavy atom. The molecule has 0 aromatic heterocycles. The summed E-state index contributed by atoms with van der Waals surface area (Å²) >= 11 is 1.79. The predicted octanol–water partition coefficient (Wildman–Crippen LogP) is 1.29. The Bertz CT molecular complexity index is 287. The van der Waals surface area contributed by atoms with Crippen LogP contribution in [0.25, 0.3) is 0 Å². The lowest BCUT2D eigenvalue weighted by Crippen LogP contribution is -2.48. The van der Waals surface area contributed by atoms with Gasteiger partial charge in [0, 0.05) is 17.8 Å². The van der Waals surface area contributed by atoms with Gasteiger partial charge in [0.1, 0.15) is 0 Å². The summed E-state index contributed by atoms with van der Waals surface area (Å²) in [6, 6.07) is -0.279. The van der Waals surface area contributed by atoms with Crippen molar-refractivity contribution in [3.05, 3.63) is 0 Å². The average molecular weight is 260 g/mol. The summed E-state index contributed by atoms with van der Waals surface area (Å²) < 4.78 is 0.204. The number of hydrogen-bond donors (Lipinski definition) is 3. The van der Waals surface area contributed by atoms with Crippen LogP contribution >= 0.6 is 11.8 Å². The molecule has 0 aromatic carbocycles. The fourth-order valence-corrected chi connectivity index (χ4v) is 2.57. The first kappa shape index (κ1) is 14.2. The molecule has 1 aliphatic rings. The Morgan fingerprint density at radius 3 is 2.47 bits per heavy atom. The second-order valence-electron chi connectivity index (χ2n) is 4.54. The number of urea groups is 1. The number of rotatable bonds is 6. The van der Waals surface area contributed by atoms with Gasteiger partial charge in [-0.25, -0.2) is 4.79 Å². The third-order valence-corrected chi connectivity index (χ3v) is 4.68. The topological polar surface area (TPSA) is 78.4 Å². The number of amides is 2. The lowest BCUT2D eigenvalue weighted by Gasteiger charge is -2.40. The van der Waals surface area contributed by atoms with E-state index in [-0.39, 0.29) is 17.3 Å². The number of carboxylic acids is 1. The minimum absolute atomic E-state index is 0.160. The molecule has 3 N–H and O–H groups in total. The van der Waals surface area contributed by atoms with Crippen molar-refractivity contribution in [1.82, 2.24) is 10.6 Å². The molecular weight excluding hydrogens is 240 g/mol. The second-order valence-corrected chi connectivity index (χ2v) is 5.82. The van der Waals surface area contributed by atoms with Crippen LogP contribution in [0.1, 0.15) is 26.2 Å². The third-order valence-electron chi connectivity index (χ3n) is 3.26. The van der Waals surface area contributed by atoms with Crippen LogP contribution in [0.15, 0.2) is 0 Å². The molecule has 17 heavy (non-hydrogen) atoms. The first-order chi connectivity index (χ1) is 7.99. The molecule has 0 saturated heterocycles. The van der Waals surface area contributed by atoms with Gasteiger partial charge in [-0.15, -0.1) is 0 Å². The monoisotopic (exact) mass is 260 g/mol. The SMILES string of the molecule is CSC1(CNC(=O)NCC(C)C(=O)O)CCC1. The summed E-state index contributed by atoms with van der Waals surface area (Å²) in [5.41, 5.74) is 0. The van der Waals surface area contributed by atoms with Gasteiger partial charge in [0.15, 0.2) is 0 Å². The quantitative estimate of drug-likeness (QED) is 0.672. The van der Waals surface area contributed by atoms with Crippen LogP contribution in [0, 0.1) is 5.92 Å². The highest BCUT2D eigenvalue weighted by Crippen LogP contribution is 2.42. The maximum absolute atomic E-state index is 11.4. The summed E-state index contributed by atoms with van der Waals surface area (Å²) in [6.07, 6.45) is 5.56. The molecule has 0 spiro atoms. The molecule has 0 bridgehead atoms. The van der Waals surface area contributed by atoms with Crippen molar-refractivity contribution in [1.29, 1.82) is 0 Å². The summed E-state index contributed by atoms with van der Waals surface area (Å²) in [5.74, 6) is -1.45. The molecule has 0 heterocycles. The molecule has 1 atom stereocenters. The van der Waals surface area contributed by atoms with E-state index in [1.165, 1.54) is 6.42 Å². The van der Waals surface area contributed by atoms with Crippen LogP contribution in [-0.2, 0) is 4.79 Å². The van der Waals surface area contributed by atoms with Crippen molar-refractivity contribution in [3.63, 3.8) is 0 Å². The number of aliphatic carboxylic acids is 1. The summed E-state index contributed by atoms with van der Waals surface area (Å²) in [4.78, 5) is 22.0. The van der Waals surface area contributed by atoms with Gasteiger partial charge in [-0.2, -0.15) is 11.8 Å². The van der Waals surface area contributed by atoms with Gasteiger partial charge in [0.25, 0.3) is 0 Å².